The van der Waals surface area contributed by atoms with E-state index in [-0.39, 0.29) is 23.2 Å². The predicted octanol–water partition coefficient (Wildman–Crippen LogP) is 7.04. The van der Waals surface area contributed by atoms with Gasteiger partial charge in [-0.1, -0.05) is 71.2 Å². The topological polar surface area (TPSA) is 76.2 Å². The molecule has 4 aromatic rings. The van der Waals surface area contributed by atoms with E-state index in [1.807, 2.05) is 36.4 Å². The highest BCUT2D eigenvalue weighted by atomic mass is 35.5. The Labute approximate surface area is 198 Å². The molecule has 0 atom stereocenters. The maximum absolute atomic E-state index is 12.2. The second-order valence-corrected chi connectivity index (χ2v) is 8.07. The fraction of sp³-hybridized carbons (Fsp3) is 0.0870. The Morgan fingerprint density at radius 1 is 0.969 bits per heavy atom. The largest absolute Gasteiger partial charge is 0.493 e. The summed E-state index contributed by atoms with van der Waals surface area (Å²) in [5, 5.41) is 20.5. The van der Waals surface area contributed by atoms with E-state index < -0.39 is 5.91 Å². The van der Waals surface area contributed by atoms with Crippen LogP contribution in [0, 0.1) is 0 Å². The zero-order valence-electron chi connectivity index (χ0n) is 16.5. The van der Waals surface area contributed by atoms with E-state index in [2.05, 4.69) is 10.2 Å². The molecule has 0 fully saturated rings. The third-order valence-corrected chi connectivity index (χ3v) is 5.61. The summed E-state index contributed by atoms with van der Waals surface area (Å²) >= 11 is 18.2. The van der Waals surface area contributed by atoms with Crippen molar-refractivity contribution in [2.24, 2.45) is 10.2 Å². The zero-order chi connectivity index (χ0) is 22.7. The number of hydrogen-bond acceptors (Lipinski definition) is 4. The van der Waals surface area contributed by atoms with Crippen molar-refractivity contribution >= 4 is 57.3 Å². The molecule has 0 spiro atoms. The Morgan fingerprint density at radius 3 is 2.50 bits per heavy atom. The van der Waals surface area contributed by atoms with Crippen LogP contribution in [-0.2, 0) is 11.3 Å². The van der Waals surface area contributed by atoms with Crippen LogP contribution in [0.15, 0.2) is 77.0 Å². The number of aromatic nitrogens is 1. The van der Waals surface area contributed by atoms with Gasteiger partial charge >= 0.3 is 5.91 Å². The average Bonchev–Trinajstić information content (AvgIpc) is 3.04. The Morgan fingerprint density at radius 2 is 1.72 bits per heavy atom. The number of rotatable bonds is 6. The molecule has 3 aromatic carbocycles. The minimum atomic E-state index is -0.640. The summed E-state index contributed by atoms with van der Waals surface area (Å²) in [6, 6.07) is 19.3. The van der Waals surface area contributed by atoms with E-state index in [9.17, 15) is 9.90 Å². The molecule has 1 amide bonds. The molecule has 9 heteroatoms. The summed E-state index contributed by atoms with van der Waals surface area (Å²) in [6.45, 7) is -0.0441. The van der Waals surface area contributed by atoms with E-state index >= 15 is 0 Å². The lowest BCUT2D eigenvalue weighted by Crippen LogP contribution is -2.08. The van der Waals surface area contributed by atoms with Gasteiger partial charge in [0, 0.05) is 15.4 Å². The number of ether oxygens (including phenoxy) is 1. The number of fused-ring (bicyclic) bond motifs is 1. The molecule has 1 aromatic heterocycles. The van der Waals surface area contributed by atoms with Crippen molar-refractivity contribution in [1.29, 1.82) is 0 Å². The number of amides is 1. The summed E-state index contributed by atoms with van der Waals surface area (Å²) in [5.41, 5.74) is 1.75. The second-order valence-electron chi connectivity index (χ2n) is 6.82. The van der Waals surface area contributed by atoms with Crippen molar-refractivity contribution in [2.45, 2.75) is 6.54 Å². The minimum Gasteiger partial charge on any atom is -0.493 e. The SMILES string of the molecule is O=C(COc1ccc(Cl)cc1Cl)N=Nc1c(O)n(Cc2ccccc2Cl)c2ccccc12. The van der Waals surface area contributed by atoms with E-state index in [1.165, 1.54) is 6.07 Å². The maximum Gasteiger partial charge on any atom is 0.302 e. The first-order chi connectivity index (χ1) is 15.4. The molecule has 1 N–H and O–H groups in total. The number of benzene rings is 3. The van der Waals surface area contributed by atoms with Gasteiger partial charge in [0.15, 0.2) is 12.3 Å². The molecular weight excluding hydrogens is 473 g/mol. The Balaban J connectivity index is 1.57. The molecule has 0 saturated carbocycles. The molecule has 0 aliphatic carbocycles. The first-order valence-electron chi connectivity index (χ1n) is 9.50. The van der Waals surface area contributed by atoms with Crippen LogP contribution in [0.3, 0.4) is 0 Å². The van der Waals surface area contributed by atoms with Gasteiger partial charge in [0.25, 0.3) is 0 Å². The van der Waals surface area contributed by atoms with Crippen molar-refractivity contribution in [3.05, 3.63) is 87.4 Å². The lowest BCUT2D eigenvalue weighted by Gasteiger charge is -2.08. The molecule has 0 bridgehead atoms. The molecule has 0 radical (unpaired) electrons. The molecule has 1 heterocycles. The predicted molar refractivity (Wildman–Crippen MR) is 126 cm³/mol. The van der Waals surface area contributed by atoms with Crippen molar-refractivity contribution in [2.75, 3.05) is 6.61 Å². The molecule has 0 aliphatic rings. The van der Waals surface area contributed by atoms with Gasteiger partial charge in [0.2, 0.25) is 5.88 Å². The van der Waals surface area contributed by atoms with E-state index in [4.69, 9.17) is 39.5 Å². The van der Waals surface area contributed by atoms with Crippen LogP contribution in [0.2, 0.25) is 15.1 Å². The summed E-state index contributed by atoms with van der Waals surface area (Å²) in [7, 11) is 0. The number of azo groups is 1. The van der Waals surface area contributed by atoms with Crippen molar-refractivity contribution in [1.82, 2.24) is 4.57 Å². The second kappa shape index (κ2) is 9.61. The van der Waals surface area contributed by atoms with Gasteiger partial charge in [0.1, 0.15) is 5.75 Å². The van der Waals surface area contributed by atoms with Gasteiger partial charge in [-0.3, -0.25) is 4.79 Å². The Hall–Kier alpha value is -3.06. The molecular formula is C23H16Cl3N3O3. The summed E-state index contributed by atoms with van der Waals surface area (Å²) in [4.78, 5) is 12.2. The molecule has 0 saturated heterocycles. The van der Waals surface area contributed by atoms with Crippen LogP contribution in [0.1, 0.15) is 5.56 Å². The van der Waals surface area contributed by atoms with Crippen LogP contribution >= 0.6 is 34.8 Å². The average molecular weight is 489 g/mol. The molecule has 0 aliphatic heterocycles. The number of halogens is 3. The number of aromatic hydroxyl groups is 1. The zero-order valence-corrected chi connectivity index (χ0v) is 18.8. The van der Waals surface area contributed by atoms with E-state index in [0.717, 1.165) is 11.1 Å². The molecule has 6 nitrogen and oxygen atoms in total. The highest BCUT2D eigenvalue weighted by Gasteiger charge is 2.18. The Kier molecular flexibility index (Phi) is 6.65. The number of para-hydroxylation sites is 1. The van der Waals surface area contributed by atoms with Gasteiger partial charge < -0.3 is 14.4 Å². The lowest BCUT2D eigenvalue weighted by atomic mass is 10.2. The summed E-state index contributed by atoms with van der Waals surface area (Å²) in [6.07, 6.45) is 0. The third-order valence-electron chi connectivity index (χ3n) is 4.71. The van der Waals surface area contributed by atoms with E-state index in [0.29, 0.717) is 27.7 Å². The van der Waals surface area contributed by atoms with Gasteiger partial charge in [-0.05, 0) is 35.9 Å². The summed E-state index contributed by atoms with van der Waals surface area (Å²) in [5.74, 6) is -0.457. The van der Waals surface area contributed by atoms with Crippen LogP contribution in [0.5, 0.6) is 11.6 Å². The monoisotopic (exact) mass is 487 g/mol. The van der Waals surface area contributed by atoms with Crippen LogP contribution in [-0.4, -0.2) is 22.2 Å². The van der Waals surface area contributed by atoms with Crippen molar-refractivity contribution < 1.29 is 14.6 Å². The molecule has 0 unspecified atom stereocenters. The van der Waals surface area contributed by atoms with Gasteiger partial charge in [-0.25, -0.2) is 0 Å². The summed E-state index contributed by atoms with van der Waals surface area (Å²) < 4.78 is 7.05. The molecule has 162 valence electrons. The first-order valence-corrected chi connectivity index (χ1v) is 10.6. The molecule has 32 heavy (non-hydrogen) atoms. The van der Waals surface area contributed by atoms with Crippen LogP contribution in [0.4, 0.5) is 5.69 Å². The van der Waals surface area contributed by atoms with Gasteiger partial charge in [-0.2, -0.15) is 0 Å². The standard InChI is InChI=1S/C23H16Cl3N3O3/c24-15-9-10-20(18(26)11-15)32-13-21(30)27-28-22-16-6-2-4-8-19(16)29(23(22)31)12-14-5-1-3-7-17(14)25/h1-11,31H,12-13H2. The number of nitrogens with zero attached hydrogens (tertiary/aromatic N) is 3. The molecule has 4 rings (SSSR count). The Bertz CT molecular complexity index is 1330. The fourth-order valence-electron chi connectivity index (χ4n) is 3.19. The fourth-order valence-corrected chi connectivity index (χ4v) is 3.85. The van der Waals surface area contributed by atoms with Gasteiger partial charge in [0.05, 0.1) is 17.1 Å². The van der Waals surface area contributed by atoms with Gasteiger partial charge in [-0.15, -0.1) is 10.2 Å². The highest BCUT2D eigenvalue weighted by Crippen LogP contribution is 2.39. The van der Waals surface area contributed by atoms with Crippen LogP contribution in [0.25, 0.3) is 10.9 Å². The third kappa shape index (κ3) is 4.72. The quantitative estimate of drug-likeness (QED) is 0.296. The van der Waals surface area contributed by atoms with Crippen molar-refractivity contribution in [3.63, 3.8) is 0 Å². The van der Waals surface area contributed by atoms with Crippen LogP contribution < -0.4 is 4.74 Å². The minimum absolute atomic E-state index is 0.121. The number of carbonyl (C=O) groups excluding carboxylic acids is 1. The van der Waals surface area contributed by atoms with E-state index in [1.54, 1.807) is 28.8 Å². The number of hydrogen-bond donors (Lipinski definition) is 1. The normalized spacial score (nSPS) is 11.3. The lowest BCUT2D eigenvalue weighted by molar-refractivity contribution is -0.120. The van der Waals surface area contributed by atoms with Crippen molar-refractivity contribution in [3.8, 4) is 11.6 Å². The smallest absolute Gasteiger partial charge is 0.302 e. The maximum atomic E-state index is 12.2. The first kappa shape index (κ1) is 22.1. The number of carbonyl (C=O) groups is 1. The highest BCUT2D eigenvalue weighted by molar-refractivity contribution is 6.35.